The number of nitrogens with zero attached hydrogens (tertiary/aromatic N) is 3. The Labute approximate surface area is 102 Å². The van der Waals surface area contributed by atoms with Gasteiger partial charge in [-0.05, 0) is 0 Å². The van der Waals surface area contributed by atoms with Crippen LogP contribution in [0, 0.1) is 10.1 Å². The number of carbonyl (C=O) groups is 1. The van der Waals surface area contributed by atoms with E-state index in [9.17, 15) is 25.1 Å². The van der Waals surface area contributed by atoms with Crippen LogP contribution in [0.25, 0.3) is 0 Å². The first-order valence-corrected chi connectivity index (χ1v) is 5.36. The van der Waals surface area contributed by atoms with Gasteiger partial charge in [-0.25, -0.2) is 0 Å². The first-order chi connectivity index (χ1) is 8.40. The zero-order chi connectivity index (χ0) is 13.4. The van der Waals surface area contributed by atoms with Gasteiger partial charge in [0.2, 0.25) is 0 Å². The third-order valence-corrected chi connectivity index (χ3v) is 2.97. The number of aromatic nitrogens is 1. The van der Waals surface area contributed by atoms with Crippen LogP contribution in [0.15, 0.2) is 12.3 Å². The van der Waals surface area contributed by atoms with Gasteiger partial charge in [0.25, 0.3) is 11.6 Å². The molecule has 2 rings (SSSR count). The first-order valence-electron chi connectivity index (χ1n) is 5.36. The lowest BCUT2D eigenvalue weighted by atomic mass is 10.3. The van der Waals surface area contributed by atoms with E-state index in [1.54, 1.807) is 0 Å². The Balaban J connectivity index is 2.22. The molecule has 1 fully saturated rings. The van der Waals surface area contributed by atoms with Crippen molar-refractivity contribution in [3.8, 4) is 0 Å². The molecule has 1 aliphatic rings. The van der Waals surface area contributed by atoms with Crippen LogP contribution >= 0.6 is 0 Å². The Morgan fingerprint density at radius 3 is 2.44 bits per heavy atom. The highest BCUT2D eigenvalue weighted by atomic mass is 16.6. The molecular weight excluding hydrogens is 242 g/mol. The molecule has 1 aromatic rings. The minimum Gasteiger partial charge on any atom is -0.388 e. The molecule has 0 radical (unpaired) electrons. The van der Waals surface area contributed by atoms with Crippen molar-refractivity contribution < 1.29 is 19.9 Å². The first kappa shape index (κ1) is 12.5. The highest BCUT2D eigenvalue weighted by Crippen LogP contribution is 2.19. The third-order valence-electron chi connectivity index (χ3n) is 2.97. The molecule has 1 aromatic heterocycles. The van der Waals surface area contributed by atoms with E-state index in [2.05, 4.69) is 0 Å². The number of aryl methyl sites for hydroxylation is 1. The van der Waals surface area contributed by atoms with Gasteiger partial charge in [-0.2, -0.15) is 0 Å². The number of hydrogen-bond acceptors (Lipinski definition) is 5. The molecule has 2 unspecified atom stereocenters. The van der Waals surface area contributed by atoms with Crippen LogP contribution in [0.3, 0.4) is 0 Å². The van der Waals surface area contributed by atoms with Crippen molar-refractivity contribution in [2.45, 2.75) is 12.2 Å². The summed E-state index contributed by atoms with van der Waals surface area (Å²) in [6.07, 6.45) is -0.690. The molecule has 8 nitrogen and oxygen atoms in total. The van der Waals surface area contributed by atoms with E-state index in [0.717, 1.165) is 0 Å². The van der Waals surface area contributed by atoms with Gasteiger partial charge in [0.15, 0.2) is 0 Å². The summed E-state index contributed by atoms with van der Waals surface area (Å²) in [5.74, 6) is -0.443. The fourth-order valence-electron chi connectivity index (χ4n) is 1.96. The van der Waals surface area contributed by atoms with Gasteiger partial charge in [0.1, 0.15) is 5.69 Å². The van der Waals surface area contributed by atoms with E-state index in [0.29, 0.717) is 0 Å². The van der Waals surface area contributed by atoms with E-state index in [-0.39, 0.29) is 24.5 Å². The normalized spacial score (nSPS) is 23.4. The zero-order valence-corrected chi connectivity index (χ0v) is 9.68. The second-order valence-corrected chi connectivity index (χ2v) is 4.30. The second kappa shape index (κ2) is 4.39. The summed E-state index contributed by atoms with van der Waals surface area (Å²) in [5, 5.41) is 29.3. The number of nitro groups is 1. The van der Waals surface area contributed by atoms with Gasteiger partial charge in [-0.1, -0.05) is 0 Å². The largest absolute Gasteiger partial charge is 0.388 e. The molecule has 2 heterocycles. The molecule has 0 saturated carbocycles. The molecule has 0 aromatic carbocycles. The van der Waals surface area contributed by atoms with Crippen molar-refractivity contribution in [1.29, 1.82) is 0 Å². The SMILES string of the molecule is Cn1cc([N+](=O)[O-])cc1C(=O)N1CC(O)C(O)C1. The van der Waals surface area contributed by atoms with Crippen LogP contribution in [0.1, 0.15) is 10.5 Å². The molecule has 1 saturated heterocycles. The summed E-state index contributed by atoms with van der Waals surface area (Å²) in [6.45, 7) is 0.0535. The highest BCUT2D eigenvalue weighted by molar-refractivity contribution is 5.93. The molecule has 1 aliphatic heterocycles. The molecule has 1 amide bonds. The Kier molecular flexibility index (Phi) is 3.05. The predicted molar refractivity (Wildman–Crippen MR) is 60.0 cm³/mol. The standard InChI is InChI=1S/C10H13N3O5/c1-11-3-6(13(17)18)2-7(11)10(16)12-4-8(14)9(15)5-12/h2-3,8-9,14-15H,4-5H2,1H3. The maximum atomic E-state index is 12.1. The molecule has 18 heavy (non-hydrogen) atoms. The topological polar surface area (TPSA) is 109 Å². The lowest BCUT2D eigenvalue weighted by Gasteiger charge is -2.15. The minimum atomic E-state index is -0.968. The molecular formula is C10H13N3O5. The highest BCUT2D eigenvalue weighted by Gasteiger charge is 2.34. The number of hydrogen-bond donors (Lipinski definition) is 2. The molecule has 2 atom stereocenters. The van der Waals surface area contributed by atoms with Crippen LogP contribution in [0.4, 0.5) is 5.69 Å². The Hall–Kier alpha value is -1.93. The minimum absolute atomic E-state index is 0.0268. The summed E-state index contributed by atoms with van der Waals surface area (Å²) >= 11 is 0. The quantitative estimate of drug-likeness (QED) is 0.526. The van der Waals surface area contributed by atoms with Crippen molar-refractivity contribution in [3.63, 3.8) is 0 Å². The van der Waals surface area contributed by atoms with E-state index < -0.39 is 23.0 Å². The van der Waals surface area contributed by atoms with Crippen molar-refractivity contribution in [1.82, 2.24) is 9.47 Å². The van der Waals surface area contributed by atoms with Crippen LogP contribution in [-0.2, 0) is 7.05 Å². The average Bonchev–Trinajstić information content (AvgIpc) is 2.83. The zero-order valence-electron chi connectivity index (χ0n) is 9.68. The van der Waals surface area contributed by atoms with Crippen molar-refractivity contribution in [2.75, 3.05) is 13.1 Å². The number of carbonyl (C=O) groups excluding carboxylic acids is 1. The summed E-state index contributed by atoms with van der Waals surface area (Å²) in [7, 11) is 1.53. The summed E-state index contributed by atoms with van der Waals surface area (Å²) in [6, 6.07) is 1.18. The number of aliphatic hydroxyl groups is 2. The lowest BCUT2D eigenvalue weighted by molar-refractivity contribution is -0.384. The number of β-amino-alcohol motifs (C(OH)–C–C–N with tert-alkyl or cyclic N) is 2. The smallest absolute Gasteiger partial charge is 0.287 e. The van der Waals surface area contributed by atoms with Crippen LogP contribution in [0.2, 0.25) is 0 Å². The molecule has 0 aliphatic carbocycles. The number of aliphatic hydroxyl groups excluding tert-OH is 2. The fraction of sp³-hybridized carbons (Fsp3) is 0.500. The van der Waals surface area contributed by atoms with Crippen molar-refractivity contribution in [3.05, 3.63) is 28.1 Å². The van der Waals surface area contributed by atoms with Crippen LogP contribution in [0.5, 0.6) is 0 Å². The van der Waals surface area contributed by atoms with Gasteiger partial charge in [-0.3, -0.25) is 14.9 Å². The molecule has 98 valence electrons. The summed E-state index contributed by atoms with van der Waals surface area (Å²) in [4.78, 5) is 23.4. The van der Waals surface area contributed by atoms with Gasteiger partial charge < -0.3 is 19.7 Å². The molecule has 2 N–H and O–H groups in total. The summed E-state index contributed by atoms with van der Waals surface area (Å²) in [5.41, 5.74) is -0.0101. The van der Waals surface area contributed by atoms with Crippen LogP contribution in [-0.4, -0.2) is 55.8 Å². The van der Waals surface area contributed by atoms with Gasteiger partial charge in [-0.15, -0.1) is 0 Å². The summed E-state index contributed by atoms with van der Waals surface area (Å²) < 4.78 is 1.36. The van der Waals surface area contributed by atoms with Crippen LogP contribution < -0.4 is 0 Å². The fourth-order valence-corrected chi connectivity index (χ4v) is 1.96. The molecule has 8 heteroatoms. The van der Waals surface area contributed by atoms with E-state index in [1.807, 2.05) is 0 Å². The lowest BCUT2D eigenvalue weighted by Crippen LogP contribution is -2.31. The maximum absolute atomic E-state index is 12.1. The second-order valence-electron chi connectivity index (χ2n) is 4.30. The van der Waals surface area contributed by atoms with Crippen molar-refractivity contribution >= 4 is 11.6 Å². The Morgan fingerprint density at radius 1 is 1.44 bits per heavy atom. The maximum Gasteiger partial charge on any atom is 0.287 e. The Bertz CT molecular complexity index is 488. The van der Waals surface area contributed by atoms with Crippen molar-refractivity contribution in [2.24, 2.45) is 7.05 Å². The van der Waals surface area contributed by atoms with Gasteiger partial charge in [0, 0.05) is 26.2 Å². The van der Waals surface area contributed by atoms with E-state index in [4.69, 9.17) is 0 Å². The monoisotopic (exact) mass is 255 g/mol. The third kappa shape index (κ3) is 2.07. The van der Waals surface area contributed by atoms with E-state index >= 15 is 0 Å². The predicted octanol–water partition coefficient (Wildman–Crippen LogP) is -0.889. The van der Waals surface area contributed by atoms with E-state index in [1.165, 1.54) is 28.8 Å². The number of amides is 1. The average molecular weight is 255 g/mol. The molecule has 0 spiro atoms. The number of rotatable bonds is 2. The van der Waals surface area contributed by atoms with Gasteiger partial charge in [0.05, 0.1) is 23.3 Å². The number of likely N-dealkylation sites (tertiary alicyclic amines) is 1. The molecule has 0 bridgehead atoms. The Morgan fingerprint density at radius 2 is 2.00 bits per heavy atom. The van der Waals surface area contributed by atoms with Gasteiger partial charge >= 0.3 is 0 Å².